The molecule has 3 heterocycles. The topological polar surface area (TPSA) is 122 Å². The number of ether oxygens (including phenoxy) is 1. The van der Waals surface area contributed by atoms with Gasteiger partial charge < -0.3 is 35.9 Å². The lowest BCUT2D eigenvalue weighted by molar-refractivity contribution is -0.111. The molecule has 3 aromatic rings. The summed E-state index contributed by atoms with van der Waals surface area (Å²) >= 11 is 0. The summed E-state index contributed by atoms with van der Waals surface area (Å²) in [6, 6.07) is 12.0. The number of piperazine rings is 1. The van der Waals surface area contributed by atoms with E-state index in [0.717, 1.165) is 74.6 Å². The number of hydrogen-bond donors (Lipinski definition) is 4. The van der Waals surface area contributed by atoms with E-state index in [1.165, 1.54) is 12.3 Å². The maximum absolute atomic E-state index is 12.5. The molecule has 0 aliphatic carbocycles. The number of nitrogens with one attached hydrogen (secondary N) is 4. The average molecular weight is 584 g/mol. The fraction of sp³-hybridized carbons (Fsp3) is 0.375. The Morgan fingerprint density at radius 3 is 2.49 bits per heavy atom. The molecule has 2 saturated heterocycles. The second kappa shape index (κ2) is 13.7. The molecule has 4 N–H and O–H groups in total. The van der Waals surface area contributed by atoms with E-state index >= 15 is 0 Å². The lowest BCUT2D eigenvalue weighted by Gasteiger charge is -2.43. The van der Waals surface area contributed by atoms with Crippen LogP contribution in [0, 0.1) is 5.41 Å². The van der Waals surface area contributed by atoms with Crippen LogP contribution in [-0.2, 0) is 4.79 Å². The highest BCUT2D eigenvalue weighted by Gasteiger charge is 2.28. The van der Waals surface area contributed by atoms with Crippen molar-refractivity contribution in [3.63, 3.8) is 0 Å². The van der Waals surface area contributed by atoms with Gasteiger partial charge in [0.15, 0.2) is 0 Å². The molecule has 2 aromatic carbocycles. The van der Waals surface area contributed by atoms with Gasteiger partial charge in [-0.15, -0.1) is 0 Å². The van der Waals surface area contributed by atoms with E-state index in [2.05, 4.69) is 49.3 Å². The van der Waals surface area contributed by atoms with Gasteiger partial charge in [0, 0.05) is 87.7 Å². The number of carbonyl (C=O) groups excluding carboxylic acids is 1. The first kappa shape index (κ1) is 30.0. The van der Waals surface area contributed by atoms with E-state index in [-0.39, 0.29) is 5.91 Å². The van der Waals surface area contributed by atoms with E-state index in [0.29, 0.717) is 34.8 Å². The summed E-state index contributed by atoms with van der Waals surface area (Å²) in [5.74, 6) is 0.716. The number of piperidine rings is 1. The van der Waals surface area contributed by atoms with E-state index in [1.807, 2.05) is 43.4 Å². The number of carbonyl (C=O) groups is 1. The third kappa shape index (κ3) is 6.95. The number of hydrogen-bond acceptors (Lipinski definition) is 10. The van der Waals surface area contributed by atoms with Crippen LogP contribution in [0.5, 0.6) is 5.75 Å². The van der Waals surface area contributed by atoms with Crippen molar-refractivity contribution in [2.45, 2.75) is 18.9 Å². The van der Waals surface area contributed by atoms with E-state index in [9.17, 15) is 4.79 Å². The van der Waals surface area contributed by atoms with Crippen molar-refractivity contribution in [2.75, 3.05) is 81.3 Å². The summed E-state index contributed by atoms with van der Waals surface area (Å²) in [6.07, 6.45) is 6.41. The van der Waals surface area contributed by atoms with Crippen molar-refractivity contribution < 1.29 is 9.53 Å². The van der Waals surface area contributed by atoms with Crippen LogP contribution in [-0.4, -0.2) is 98.4 Å². The molecule has 0 bridgehead atoms. The second-order valence-electron chi connectivity index (χ2n) is 10.9. The van der Waals surface area contributed by atoms with Crippen molar-refractivity contribution in [2.24, 2.45) is 0 Å². The Balaban J connectivity index is 1.39. The number of methoxy groups -OCH3 is 1. The van der Waals surface area contributed by atoms with Gasteiger partial charge in [-0.2, -0.15) is 0 Å². The molecule has 5 rings (SSSR count). The Bertz CT molecular complexity index is 1460. The molecule has 11 heteroatoms. The van der Waals surface area contributed by atoms with Gasteiger partial charge in [0.25, 0.3) is 0 Å². The predicted octanol–water partition coefficient (Wildman–Crippen LogP) is 4.28. The van der Waals surface area contributed by atoms with E-state index in [1.54, 1.807) is 13.3 Å². The van der Waals surface area contributed by atoms with Gasteiger partial charge in [0.2, 0.25) is 11.9 Å². The first-order chi connectivity index (χ1) is 20.9. The van der Waals surface area contributed by atoms with Crippen molar-refractivity contribution in [1.82, 2.24) is 19.8 Å². The van der Waals surface area contributed by atoms with Gasteiger partial charge in [-0.1, -0.05) is 12.6 Å². The summed E-state index contributed by atoms with van der Waals surface area (Å²) in [4.78, 5) is 29.0. The Labute approximate surface area is 253 Å². The van der Waals surface area contributed by atoms with E-state index in [4.69, 9.17) is 15.1 Å². The standard InChI is InChI=1S/C32H41N9O2/c1-5-31(42)36-27-19-28(38-32-35-11-8-26(37-32)22-6-7-25(34-2)23(18-22)21-33)30(43-4)20-29(27)41-12-9-24(10-13-41)40-16-14-39(3)15-17-40/h5-8,11,18-21,24,33-34H,1,9-10,12-17H2,2-4H3,(H,36,42)(H,35,37,38). The number of likely N-dealkylation sites (N-methyl/N-ethyl adjacent to an activating group) is 1. The fourth-order valence-electron chi connectivity index (χ4n) is 5.81. The second-order valence-corrected chi connectivity index (χ2v) is 10.9. The molecule has 43 heavy (non-hydrogen) atoms. The van der Waals surface area contributed by atoms with Crippen LogP contribution in [0.2, 0.25) is 0 Å². The molecule has 1 amide bonds. The molecular weight excluding hydrogens is 542 g/mol. The van der Waals surface area contributed by atoms with Crippen LogP contribution in [0.15, 0.2) is 55.3 Å². The van der Waals surface area contributed by atoms with Crippen LogP contribution in [0.3, 0.4) is 0 Å². The van der Waals surface area contributed by atoms with Crippen LogP contribution in [0.1, 0.15) is 18.4 Å². The zero-order valence-corrected chi connectivity index (χ0v) is 25.2. The molecule has 226 valence electrons. The molecule has 11 nitrogen and oxygen atoms in total. The van der Waals surface area contributed by atoms with Crippen molar-refractivity contribution in [1.29, 1.82) is 5.41 Å². The molecule has 0 spiro atoms. The lowest BCUT2D eigenvalue weighted by Crippen LogP contribution is -2.52. The molecule has 1 aromatic heterocycles. The van der Waals surface area contributed by atoms with Gasteiger partial charge >= 0.3 is 0 Å². The first-order valence-electron chi connectivity index (χ1n) is 14.7. The normalized spacial score (nSPS) is 16.4. The summed E-state index contributed by atoms with van der Waals surface area (Å²) < 4.78 is 5.81. The number of aromatic nitrogens is 2. The minimum Gasteiger partial charge on any atom is -0.494 e. The van der Waals surface area contributed by atoms with Gasteiger partial charge in [-0.05, 0) is 50.2 Å². The molecule has 2 aliphatic heterocycles. The molecule has 0 unspecified atom stereocenters. The smallest absolute Gasteiger partial charge is 0.247 e. The van der Waals surface area contributed by atoms with Crippen molar-refractivity contribution >= 4 is 40.8 Å². The maximum atomic E-state index is 12.5. The quantitative estimate of drug-likeness (QED) is 0.205. The lowest BCUT2D eigenvalue weighted by atomic mass is 10.0. The number of anilines is 5. The molecule has 2 fully saturated rings. The summed E-state index contributed by atoms with van der Waals surface area (Å²) in [6.45, 7) is 9.88. The van der Waals surface area contributed by atoms with Crippen LogP contribution in [0.4, 0.5) is 28.7 Å². The molecular formula is C32H41N9O2. The maximum Gasteiger partial charge on any atom is 0.247 e. The first-order valence-corrected chi connectivity index (χ1v) is 14.7. The Morgan fingerprint density at radius 2 is 1.81 bits per heavy atom. The van der Waals surface area contributed by atoms with Crippen LogP contribution in [0.25, 0.3) is 11.3 Å². The Hall–Kier alpha value is -4.48. The molecule has 0 saturated carbocycles. The Kier molecular flexibility index (Phi) is 9.53. The summed E-state index contributed by atoms with van der Waals surface area (Å²) in [5, 5.41) is 17.1. The minimum atomic E-state index is -0.282. The highest BCUT2D eigenvalue weighted by atomic mass is 16.5. The zero-order valence-electron chi connectivity index (χ0n) is 25.2. The SMILES string of the molecule is C=CC(=O)Nc1cc(Nc2nccc(-c3ccc(NC)c(C=N)c3)n2)c(OC)cc1N1CCC(N2CCN(C)CC2)CC1. The van der Waals surface area contributed by atoms with Gasteiger partial charge in [-0.25, -0.2) is 9.97 Å². The third-order valence-electron chi connectivity index (χ3n) is 8.29. The van der Waals surface area contributed by atoms with Crippen molar-refractivity contribution in [3.8, 4) is 17.0 Å². The number of rotatable bonds is 10. The monoisotopic (exact) mass is 583 g/mol. The molecule has 0 radical (unpaired) electrons. The number of nitrogens with zero attached hydrogens (tertiary/aromatic N) is 5. The number of benzene rings is 2. The zero-order chi connectivity index (χ0) is 30.3. The summed E-state index contributed by atoms with van der Waals surface area (Å²) in [7, 11) is 5.65. The Morgan fingerprint density at radius 1 is 1.05 bits per heavy atom. The van der Waals surface area contributed by atoms with Gasteiger partial charge in [0.1, 0.15) is 5.75 Å². The number of amides is 1. The average Bonchev–Trinajstić information content (AvgIpc) is 3.05. The molecule has 0 atom stereocenters. The summed E-state index contributed by atoms with van der Waals surface area (Å²) in [5.41, 5.74) is 5.41. The van der Waals surface area contributed by atoms with Gasteiger partial charge in [-0.3, -0.25) is 9.69 Å². The van der Waals surface area contributed by atoms with Crippen molar-refractivity contribution in [3.05, 3.63) is 60.8 Å². The van der Waals surface area contributed by atoms with Crippen LogP contribution >= 0.6 is 0 Å². The highest BCUT2D eigenvalue weighted by Crippen LogP contribution is 2.39. The fourth-order valence-corrected chi connectivity index (χ4v) is 5.81. The molecule has 2 aliphatic rings. The largest absolute Gasteiger partial charge is 0.494 e. The highest BCUT2D eigenvalue weighted by molar-refractivity contribution is 6.02. The minimum absolute atomic E-state index is 0.282. The predicted molar refractivity (Wildman–Crippen MR) is 174 cm³/mol. The van der Waals surface area contributed by atoms with Gasteiger partial charge in [0.05, 0.1) is 29.9 Å². The third-order valence-corrected chi connectivity index (χ3v) is 8.29. The van der Waals surface area contributed by atoms with Crippen LogP contribution < -0.4 is 25.6 Å². The van der Waals surface area contributed by atoms with E-state index < -0.39 is 0 Å².